The average molecular weight is 166 g/mol. The highest BCUT2D eigenvalue weighted by molar-refractivity contribution is 5.98. The van der Waals surface area contributed by atoms with Gasteiger partial charge in [-0.05, 0) is 13.1 Å². The molecule has 0 saturated carbocycles. The van der Waals surface area contributed by atoms with E-state index in [2.05, 4.69) is 15.3 Å². The van der Waals surface area contributed by atoms with Crippen LogP contribution in [0.15, 0.2) is 18.5 Å². The van der Waals surface area contributed by atoms with Crippen LogP contribution in [0.25, 0.3) is 0 Å². The fourth-order valence-corrected chi connectivity index (χ4v) is 0.737. The van der Waals surface area contributed by atoms with Gasteiger partial charge < -0.3 is 16.0 Å². The van der Waals surface area contributed by atoms with Crippen molar-refractivity contribution in [3.63, 3.8) is 0 Å². The van der Waals surface area contributed by atoms with Gasteiger partial charge in [0.25, 0.3) is 5.91 Å². The van der Waals surface area contributed by atoms with Crippen molar-refractivity contribution in [1.82, 2.24) is 9.97 Å². The summed E-state index contributed by atoms with van der Waals surface area (Å²) in [7, 11) is 0. The van der Waals surface area contributed by atoms with E-state index in [1.165, 1.54) is 12.3 Å². The van der Waals surface area contributed by atoms with E-state index in [0.29, 0.717) is 5.82 Å². The number of nitrogens with zero attached hydrogens (tertiary/aromatic N) is 1. The van der Waals surface area contributed by atoms with Gasteiger partial charge in [-0.2, -0.15) is 0 Å². The summed E-state index contributed by atoms with van der Waals surface area (Å²) in [6, 6.07) is 0. The number of carbonyl (C=O) groups excluding carboxylic acids is 1. The topological polar surface area (TPSA) is 83.8 Å². The maximum Gasteiger partial charge on any atom is 0.251 e. The smallest absolute Gasteiger partial charge is 0.251 e. The van der Waals surface area contributed by atoms with Crippen molar-refractivity contribution in [2.45, 2.75) is 6.92 Å². The number of imidazole rings is 1. The molecule has 4 N–H and O–H groups in total. The van der Waals surface area contributed by atoms with E-state index in [1.807, 2.05) is 0 Å². The Morgan fingerprint density at radius 1 is 1.83 bits per heavy atom. The minimum atomic E-state index is -0.288. The zero-order valence-corrected chi connectivity index (χ0v) is 6.66. The third-order valence-electron chi connectivity index (χ3n) is 1.20. The lowest BCUT2D eigenvalue weighted by atomic mass is 10.5. The molecule has 0 spiro atoms. The molecule has 5 nitrogen and oxygen atoms in total. The Morgan fingerprint density at radius 3 is 3.08 bits per heavy atom. The predicted molar refractivity (Wildman–Crippen MR) is 45.3 cm³/mol. The van der Waals surface area contributed by atoms with Crippen LogP contribution in [0.2, 0.25) is 0 Å². The van der Waals surface area contributed by atoms with Crippen LogP contribution in [0.3, 0.4) is 0 Å². The molecular formula is C7H10N4O. The number of aromatic amines is 1. The van der Waals surface area contributed by atoms with Gasteiger partial charge in [-0.15, -0.1) is 0 Å². The molecule has 64 valence electrons. The molecule has 1 aromatic rings. The highest BCUT2D eigenvalue weighted by Crippen LogP contribution is 2.01. The van der Waals surface area contributed by atoms with Crippen LogP contribution in [-0.2, 0) is 4.79 Å². The third kappa shape index (κ3) is 2.12. The molecule has 1 heterocycles. The zero-order chi connectivity index (χ0) is 8.97. The Labute approximate surface area is 69.7 Å². The highest BCUT2D eigenvalue weighted by Gasteiger charge is 1.99. The summed E-state index contributed by atoms with van der Waals surface area (Å²) in [5.41, 5.74) is 5.02. The summed E-state index contributed by atoms with van der Waals surface area (Å²) in [6.45, 7) is 1.80. The number of aryl methyl sites for hydroxylation is 1. The second-order valence-electron chi connectivity index (χ2n) is 2.22. The second-order valence-corrected chi connectivity index (χ2v) is 2.22. The van der Waals surface area contributed by atoms with Crippen LogP contribution in [0.5, 0.6) is 0 Å². The lowest BCUT2D eigenvalue weighted by Crippen LogP contribution is -2.08. The minimum absolute atomic E-state index is 0.288. The molecule has 12 heavy (non-hydrogen) atoms. The number of rotatable bonds is 2. The van der Waals surface area contributed by atoms with E-state index in [1.54, 1.807) is 13.1 Å². The van der Waals surface area contributed by atoms with E-state index in [0.717, 1.165) is 5.82 Å². The molecule has 0 fully saturated rings. The van der Waals surface area contributed by atoms with Crippen molar-refractivity contribution in [3.8, 4) is 0 Å². The van der Waals surface area contributed by atoms with Gasteiger partial charge in [0.05, 0.1) is 0 Å². The molecular weight excluding hydrogens is 156 g/mol. The zero-order valence-electron chi connectivity index (χ0n) is 6.66. The van der Waals surface area contributed by atoms with Crippen LogP contribution in [0, 0.1) is 6.92 Å². The Balaban J connectivity index is 2.58. The van der Waals surface area contributed by atoms with Gasteiger partial charge in [0.15, 0.2) is 5.82 Å². The predicted octanol–water partition coefficient (Wildman–Crippen LogP) is 0.129. The normalized spacial score (nSPS) is 10.4. The summed E-state index contributed by atoms with van der Waals surface area (Å²) in [4.78, 5) is 17.7. The van der Waals surface area contributed by atoms with Crippen LogP contribution in [0.4, 0.5) is 5.82 Å². The SMILES string of the molecule is Cc1nc(NC(=O)C=CN)c[nH]1. The van der Waals surface area contributed by atoms with Crippen molar-refractivity contribution in [2.75, 3.05) is 5.32 Å². The molecule has 0 bridgehead atoms. The van der Waals surface area contributed by atoms with Crippen molar-refractivity contribution in [3.05, 3.63) is 24.3 Å². The fraction of sp³-hybridized carbons (Fsp3) is 0.143. The standard InChI is InChI=1S/C7H10N4O/c1-5-9-4-6(10-5)11-7(12)2-3-8/h2-4H,8H2,1H3,(H,9,10)(H,11,12). The number of nitrogens with two attached hydrogens (primary N) is 1. The van der Waals surface area contributed by atoms with Crippen molar-refractivity contribution in [2.24, 2.45) is 5.73 Å². The average Bonchev–Trinajstić information content (AvgIpc) is 2.36. The number of nitrogens with one attached hydrogen (secondary N) is 2. The van der Waals surface area contributed by atoms with Gasteiger partial charge in [0, 0.05) is 12.3 Å². The van der Waals surface area contributed by atoms with E-state index in [9.17, 15) is 4.79 Å². The van der Waals surface area contributed by atoms with Crippen LogP contribution >= 0.6 is 0 Å². The van der Waals surface area contributed by atoms with E-state index < -0.39 is 0 Å². The Hall–Kier alpha value is -1.78. The van der Waals surface area contributed by atoms with Crippen molar-refractivity contribution >= 4 is 11.7 Å². The van der Waals surface area contributed by atoms with Crippen molar-refractivity contribution in [1.29, 1.82) is 0 Å². The van der Waals surface area contributed by atoms with Crippen molar-refractivity contribution < 1.29 is 4.79 Å². The minimum Gasteiger partial charge on any atom is -0.404 e. The molecule has 1 rings (SSSR count). The van der Waals surface area contributed by atoms with E-state index >= 15 is 0 Å². The van der Waals surface area contributed by atoms with Gasteiger partial charge >= 0.3 is 0 Å². The first-order chi connectivity index (χ1) is 5.72. The number of amides is 1. The maximum absolute atomic E-state index is 10.9. The first kappa shape index (κ1) is 8.32. The highest BCUT2D eigenvalue weighted by atomic mass is 16.1. The number of carbonyl (C=O) groups is 1. The molecule has 1 aromatic heterocycles. The number of anilines is 1. The van der Waals surface area contributed by atoms with Gasteiger partial charge in [-0.25, -0.2) is 4.98 Å². The molecule has 1 amide bonds. The number of H-pyrrole nitrogens is 1. The largest absolute Gasteiger partial charge is 0.404 e. The van der Waals surface area contributed by atoms with Gasteiger partial charge in [-0.1, -0.05) is 0 Å². The first-order valence-corrected chi connectivity index (χ1v) is 3.43. The monoisotopic (exact) mass is 166 g/mol. The third-order valence-corrected chi connectivity index (χ3v) is 1.20. The Bertz CT molecular complexity index is 302. The van der Waals surface area contributed by atoms with Gasteiger partial charge in [-0.3, -0.25) is 4.79 Å². The van der Waals surface area contributed by atoms with Crippen LogP contribution < -0.4 is 11.1 Å². The van der Waals surface area contributed by atoms with E-state index in [-0.39, 0.29) is 5.91 Å². The summed E-state index contributed by atoms with van der Waals surface area (Å²) in [5.74, 6) is 0.960. The molecule has 0 saturated heterocycles. The molecule has 0 radical (unpaired) electrons. The number of aromatic nitrogens is 2. The Kier molecular flexibility index (Phi) is 2.47. The second kappa shape index (κ2) is 3.56. The molecule has 0 aliphatic rings. The van der Waals surface area contributed by atoms with Gasteiger partial charge in [0.1, 0.15) is 5.82 Å². The summed E-state index contributed by atoms with van der Waals surface area (Å²) < 4.78 is 0. The summed E-state index contributed by atoms with van der Waals surface area (Å²) in [6.07, 6.45) is 4.01. The fourth-order valence-electron chi connectivity index (χ4n) is 0.737. The maximum atomic E-state index is 10.9. The lowest BCUT2D eigenvalue weighted by Gasteiger charge is -1.93. The van der Waals surface area contributed by atoms with E-state index in [4.69, 9.17) is 5.73 Å². The van der Waals surface area contributed by atoms with Crippen LogP contribution in [0.1, 0.15) is 5.82 Å². The molecule has 0 aliphatic heterocycles. The molecule has 0 aromatic carbocycles. The molecule has 0 aliphatic carbocycles. The quantitative estimate of drug-likeness (QED) is 0.546. The molecule has 0 atom stereocenters. The summed E-state index contributed by atoms with van der Waals surface area (Å²) in [5, 5.41) is 2.52. The molecule has 0 unspecified atom stereocenters. The van der Waals surface area contributed by atoms with Gasteiger partial charge in [0.2, 0.25) is 0 Å². The lowest BCUT2D eigenvalue weighted by molar-refractivity contribution is -0.111. The summed E-state index contributed by atoms with van der Waals surface area (Å²) >= 11 is 0. The number of hydrogen-bond acceptors (Lipinski definition) is 3. The molecule has 5 heteroatoms. The Morgan fingerprint density at radius 2 is 2.58 bits per heavy atom. The number of hydrogen-bond donors (Lipinski definition) is 3. The van der Waals surface area contributed by atoms with Crippen LogP contribution in [-0.4, -0.2) is 15.9 Å². The first-order valence-electron chi connectivity index (χ1n) is 3.43.